The highest BCUT2D eigenvalue weighted by atomic mass is 32.2. The van der Waals surface area contributed by atoms with Crippen molar-refractivity contribution in [3.63, 3.8) is 0 Å². The number of aromatic nitrogens is 1. The van der Waals surface area contributed by atoms with Crippen molar-refractivity contribution in [2.24, 2.45) is 5.41 Å². The molecule has 246 valence electrons. The van der Waals surface area contributed by atoms with Gasteiger partial charge in [-0.3, -0.25) is 14.4 Å². The lowest BCUT2D eigenvalue weighted by Gasteiger charge is -2.24. The van der Waals surface area contributed by atoms with Gasteiger partial charge in [0, 0.05) is 48.6 Å². The largest absolute Gasteiger partial charge is 0.497 e. The molecule has 6 rings (SSSR count). The number of carbonyl (C=O) groups is 3. The van der Waals surface area contributed by atoms with E-state index >= 15 is 0 Å². The predicted molar refractivity (Wildman–Crippen MR) is 177 cm³/mol. The standard InChI is InChI=1S/C35H44N4O6S/c1-34(2,3)20-46(43,44)37-31(40)22-12-14-25-28(16-22)39-19-35(36-32(41)33(42)38(4)5)18-27(35)26-17-23(45-6)13-15-24(26)30(39)29(25)21-10-8-7-9-11-21/h12-17,21,27H,7-11,18-20H2,1-6H3,(H,36,41)(H,37,40). The molecule has 10 nitrogen and oxygen atoms in total. The molecular weight excluding hydrogens is 604 g/mol. The summed E-state index contributed by atoms with van der Waals surface area (Å²) >= 11 is 0. The van der Waals surface area contributed by atoms with E-state index in [1.807, 2.05) is 39.0 Å². The second kappa shape index (κ2) is 11.4. The van der Waals surface area contributed by atoms with E-state index in [1.54, 1.807) is 33.3 Å². The molecule has 0 radical (unpaired) electrons. The summed E-state index contributed by atoms with van der Waals surface area (Å²) in [6, 6.07) is 11.5. The summed E-state index contributed by atoms with van der Waals surface area (Å²) in [6.07, 6.45) is 6.20. The van der Waals surface area contributed by atoms with Crippen LogP contribution in [0.1, 0.15) is 92.6 Å². The van der Waals surface area contributed by atoms with Gasteiger partial charge in [0.15, 0.2) is 0 Å². The van der Waals surface area contributed by atoms with Crippen molar-refractivity contribution < 1.29 is 27.5 Å². The number of likely N-dealkylation sites (N-methyl/N-ethyl adjacent to an activating group) is 1. The van der Waals surface area contributed by atoms with Gasteiger partial charge in [-0.15, -0.1) is 0 Å². The number of amides is 3. The first-order chi connectivity index (χ1) is 21.6. The van der Waals surface area contributed by atoms with Gasteiger partial charge in [-0.05, 0) is 72.1 Å². The van der Waals surface area contributed by atoms with Crippen LogP contribution in [0.5, 0.6) is 5.75 Å². The quantitative estimate of drug-likeness (QED) is 0.366. The summed E-state index contributed by atoms with van der Waals surface area (Å²) in [5, 5.41) is 4.12. The molecule has 2 aliphatic carbocycles. The Hall–Kier alpha value is -3.86. The maximum atomic E-state index is 13.4. The van der Waals surface area contributed by atoms with Gasteiger partial charge >= 0.3 is 11.8 Å². The van der Waals surface area contributed by atoms with Gasteiger partial charge in [-0.25, -0.2) is 13.1 Å². The number of nitrogens with zero attached hydrogens (tertiary/aromatic N) is 2. The van der Waals surface area contributed by atoms with Crippen molar-refractivity contribution in [1.82, 2.24) is 19.5 Å². The molecule has 0 bridgehead atoms. The number of carbonyl (C=O) groups excluding carboxylic acids is 3. The Kier molecular flexibility index (Phi) is 7.98. The molecule has 2 fully saturated rings. The minimum atomic E-state index is -3.86. The number of sulfonamides is 1. The van der Waals surface area contributed by atoms with E-state index in [1.165, 1.54) is 16.9 Å². The van der Waals surface area contributed by atoms with Crippen LogP contribution in [-0.2, 0) is 26.2 Å². The highest BCUT2D eigenvalue weighted by Crippen LogP contribution is 2.59. The van der Waals surface area contributed by atoms with Crippen LogP contribution in [0.2, 0.25) is 0 Å². The average Bonchev–Trinajstić information content (AvgIpc) is 3.62. The molecule has 3 aromatic rings. The zero-order chi connectivity index (χ0) is 33.2. The van der Waals surface area contributed by atoms with Gasteiger partial charge in [0.1, 0.15) is 5.75 Å². The lowest BCUT2D eigenvalue weighted by atomic mass is 9.81. The Morgan fingerprint density at radius 1 is 1.04 bits per heavy atom. The summed E-state index contributed by atoms with van der Waals surface area (Å²) < 4.78 is 35.8. The molecule has 0 saturated heterocycles. The van der Waals surface area contributed by atoms with Crippen LogP contribution in [0.3, 0.4) is 0 Å². The Labute approximate surface area is 270 Å². The van der Waals surface area contributed by atoms with E-state index in [9.17, 15) is 22.8 Å². The molecule has 2 aromatic carbocycles. The van der Waals surface area contributed by atoms with Crippen LogP contribution in [0.4, 0.5) is 0 Å². The normalized spacial score (nSPS) is 21.0. The smallest absolute Gasteiger partial charge is 0.311 e. The van der Waals surface area contributed by atoms with Gasteiger partial charge in [-0.1, -0.05) is 46.1 Å². The van der Waals surface area contributed by atoms with E-state index in [0.29, 0.717) is 18.9 Å². The fourth-order valence-electron chi connectivity index (χ4n) is 7.58. The number of methoxy groups -OCH3 is 1. The van der Waals surface area contributed by atoms with E-state index < -0.39 is 38.7 Å². The zero-order valence-corrected chi connectivity index (χ0v) is 28.3. The Bertz CT molecular complexity index is 1850. The molecule has 0 spiro atoms. The summed E-state index contributed by atoms with van der Waals surface area (Å²) in [5.41, 5.74) is 4.19. The number of hydrogen-bond donors (Lipinski definition) is 2. The van der Waals surface area contributed by atoms with Crippen LogP contribution in [-0.4, -0.2) is 68.1 Å². The maximum absolute atomic E-state index is 13.4. The zero-order valence-electron chi connectivity index (χ0n) is 27.5. The molecule has 2 N–H and O–H groups in total. The first-order valence-electron chi connectivity index (χ1n) is 16.1. The fraction of sp³-hybridized carbons (Fsp3) is 0.514. The number of rotatable bonds is 6. The van der Waals surface area contributed by atoms with Crippen molar-refractivity contribution in [3.05, 3.63) is 53.1 Å². The number of hydrogen-bond acceptors (Lipinski definition) is 6. The third kappa shape index (κ3) is 5.89. The SMILES string of the molecule is COc1ccc2c(c1)C1CC1(NC(=O)C(=O)N(C)C)Cn1c-2c(C2CCCCC2)c2ccc(C(=O)NS(=O)(=O)CC(C)(C)C)cc21. The van der Waals surface area contributed by atoms with Crippen LogP contribution >= 0.6 is 0 Å². The Morgan fingerprint density at radius 2 is 1.76 bits per heavy atom. The lowest BCUT2D eigenvalue weighted by Crippen LogP contribution is -2.47. The molecule has 11 heteroatoms. The number of benzene rings is 2. The lowest BCUT2D eigenvalue weighted by molar-refractivity contribution is -0.144. The predicted octanol–water partition coefficient (Wildman–Crippen LogP) is 4.91. The third-order valence-electron chi connectivity index (χ3n) is 9.62. The average molecular weight is 649 g/mol. The molecule has 2 saturated carbocycles. The molecule has 1 aromatic heterocycles. The number of fused-ring (bicyclic) bond motifs is 7. The first kappa shape index (κ1) is 32.1. The van der Waals surface area contributed by atoms with E-state index in [2.05, 4.69) is 20.7 Å². The molecule has 2 atom stereocenters. The molecule has 1 aliphatic heterocycles. The summed E-state index contributed by atoms with van der Waals surface area (Å²) in [5.74, 6) is -1.16. The fourth-order valence-corrected chi connectivity index (χ4v) is 9.20. The van der Waals surface area contributed by atoms with Crippen molar-refractivity contribution in [2.75, 3.05) is 27.0 Å². The Balaban J connectivity index is 1.53. The third-order valence-corrected chi connectivity index (χ3v) is 11.4. The van der Waals surface area contributed by atoms with Gasteiger partial charge in [-0.2, -0.15) is 0 Å². The molecule has 2 unspecified atom stereocenters. The number of ether oxygens (including phenoxy) is 1. The van der Waals surface area contributed by atoms with E-state index in [4.69, 9.17) is 4.74 Å². The molecule has 3 amide bonds. The van der Waals surface area contributed by atoms with Gasteiger partial charge < -0.3 is 19.5 Å². The van der Waals surface area contributed by atoms with Crippen LogP contribution < -0.4 is 14.8 Å². The molecule has 2 heterocycles. The summed E-state index contributed by atoms with van der Waals surface area (Å²) in [7, 11) is 0.880. The number of nitrogens with one attached hydrogen (secondary N) is 2. The maximum Gasteiger partial charge on any atom is 0.311 e. The van der Waals surface area contributed by atoms with E-state index in [0.717, 1.165) is 59.2 Å². The molecular formula is C35H44N4O6S. The Morgan fingerprint density at radius 3 is 2.41 bits per heavy atom. The molecule has 46 heavy (non-hydrogen) atoms. The van der Waals surface area contributed by atoms with Crippen LogP contribution in [0, 0.1) is 5.41 Å². The van der Waals surface area contributed by atoms with E-state index in [-0.39, 0.29) is 17.2 Å². The van der Waals surface area contributed by atoms with Crippen LogP contribution in [0.25, 0.3) is 22.2 Å². The second-order valence-electron chi connectivity index (χ2n) is 14.7. The van der Waals surface area contributed by atoms with Gasteiger partial charge in [0.2, 0.25) is 10.0 Å². The topological polar surface area (TPSA) is 127 Å². The monoisotopic (exact) mass is 648 g/mol. The highest BCUT2D eigenvalue weighted by molar-refractivity contribution is 7.90. The summed E-state index contributed by atoms with van der Waals surface area (Å²) in [4.78, 5) is 40.6. The minimum Gasteiger partial charge on any atom is -0.497 e. The summed E-state index contributed by atoms with van der Waals surface area (Å²) in [6.45, 7) is 5.83. The minimum absolute atomic E-state index is 0.0420. The van der Waals surface area contributed by atoms with Crippen molar-refractivity contribution in [3.8, 4) is 17.0 Å². The van der Waals surface area contributed by atoms with Crippen molar-refractivity contribution >= 4 is 38.6 Å². The first-order valence-corrected chi connectivity index (χ1v) is 17.7. The second-order valence-corrected chi connectivity index (χ2v) is 16.4. The van der Waals surface area contributed by atoms with Crippen molar-refractivity contribution in [1.29, 1.82) is 0 Å². The highest BCUT2D eigenvalue weighted by Gasteiger charge is 2.59. The molecule has 3 aliphatic rings. The van der Waals surface area contributed by atoms with Gasteiger partial charge in [0.05, 0.1) is 24.1 Å². The van der Waals surface area contributed by atoms with Gasteiger partial charge in [0.25, 0.3) is 5.91 Å². The van der Waals surface area contributed by atoms with Crippen molar-refractivity contribution in [2.45, 2.75) is 83.2 Å². The van der Waals surface area contributed by atoms with Crippen LogP contribution in [0.15, 0.2) is 36.4 Å².